The minimum Gasteiger partial charge on any atom is -0.422 e. The summed E-state index contributed by atoms with van der Waals surface area (Å²) in [6.07, 6.45) is 0. The number of hydrogen-bond acceptors (Lipinski definition) is 2. The fraction of sp³-hybridized carbons (Fsp3) is 0.0417. The number of fused-ring (bicyclic) bond motifs is 1. The van der Waals surface area contributed by atoms with E-state index < -0.39 is 0 Å². The summed E-state index contributed by atoms with van der Waals surface area (Å²) in [5.74, 6) is 6.41. The number of rotatable bonds is 1. The standard InChI is InChI=1S/C24H15BrO2/c1-16-6-8-17(9-7-16)10-15-21-20-4-2-3-5-22(20)27-24(26)23(21)18-11-13-19(25)14-12-18/h2-9,11-14H,1H3. The van der Waals surface area contributed by atoms with Gasteiger partial charge in [-0.15, -0.1) is 0 Å². The molecule has 1 heterocycles. The van der Waals surface area contributed by atoms with Gasteiger partial charge in [0, 0.05) is 15.4 Å². The lowest BCUT2D eigenvalue weighted by Crippen LogP contribution is -2.06. The van der Waals surface area contributed by atoms with Crippen LogP contribution < -0.4 is 5.63 Å². The van der Waals surface area contributed by atoms with Crippen LogP contribution in [0.3, 0.4) is 0 Å². The van der Waals surface area contributed by atoms with Crippen molar-refractivity contribution in [2.45, 2.75) is 6.92 Å². The first-order valence-corrected chi connectivity index (χ1v) is 9.31. The van der Waals surface area contributed by atoms with Crippen molar-refractivity contribution in [3.8, 4) is 23.0 Å². The first-order chi connectivity index (χ1) is 13.1. The van der Waals surface area contributed by atoms with Gasteiger partial charge in [0.15, 0.2) is 0 Å². The summed E-state index contributed by atoms with van der Waals surface area (Å²) in [6, 6.07) is 23.1. The van der Waals surface area contributed by atoms with Crippen LogP contribution in [-0.4, -0.2) is 0 Å². The van der Waals surface area contributed by atoms with E-state index in [0.29, 0.717) is 16.7 Å². The van der Waals surface area contributed by atoms with Gasteiger partial charge in [0.1, 0.15) is 5.58 Å². The zero-order chi connectivity index (χ0) is 18.8. The average molecular weight is 415 g/mol. The maximum Gasteiger partial charge on any atom is 0.345 e. The van der Waals surface area contributed by atoms with Crippen molar-refractivity contribution in [1.82, 2.24) is 0 Å². The smallest absolute Gasteiger partial charge is 0.345 e. The Morgan fingerprint density at radius 1 is 0.852 bits per heavy atom. The molecule has 0 fully saturated rings. The predicted molar refractivity (Wildman–Crippen MR) is 113 cm³/mol. The second-order valence-electron chi connectivity index (χ2n) is 6.26. The first kappa shape index (κ1) is 17.3. The van der Waals surface area contributed by atoms with Gasteiger partial charge in [-0.2, -0.15) is 0 Å². The summed E-state index contributed by atoms with van der Waals surface area (Å²) in [7, 11) is 0. The van der Waals surface area contributed by atoms with Crippen molar-refractivity contribution >= 4 is 26.9 Å². The lowest BCUT2D eigenvalue weighted by molar-refractivity contribution is 0.563. The van der Waals surface area contributed by atoms with E-state index in [0.717, 1.165) is 21.0 Å². The Kier molecular flexibility index (Phi) is 4.66. The predicted octanol–water partition coefficient (Wildman–Crippen LogP) is 5.93. The highest BCUT2D eigenvalue weighted by atomic mass is 79.9. The minimum atomic E-state index is -0.385. The van der Waals surface area contributed by atoms with Crippen molar-refractivity contribution in [2.24, 2.45) is 0 Å². The van der Waals surface area contributed by atoms with E-state index in [-0.39, 0.29) is 5.63 Å². The van der Waals surface area contributed by atoms with Gasteiger partial charge in [0.05, 0.1) is 11.1 Å². The Hall–Kier alpha value is -3.09. The van der Waals surface area contributed by atoms with Gasteiger partial charge < -0.3 is 4.42 Å². The highest BCUT2D eigenvalue weighted by Gasteiger charge is 2.15. The molecule has 2 nitrogen and oxygen atoms in total. The maximum absolute atomic E-state index is 12.7. The second-order valence-corrected chi connectivity index (χ2v) is 7.17. The third-order valence-corrected chi connectivity index (χ3v) is 4.86. The molecule has 0 spiro atoms. The lowest BCUT2D eigenvalue weighted by Gasteiger charge is -2.07. The first-order valence-electron chi connectivity index (χ1n) is 8.52. The molecule has 0 N–H and O–H groups in total. The van der Waals surface area contributed by atoms with Crippen LogP contribution >= 0.6 is 15.9 Å². The van der Waals surface area contributed by atoms with Gasteiger partial charge in [-0.1, -0.05) is 69.7 Å². The number of para-hydroxylation sites is 1. The Morgan fingerprint density at radius 3 is 2.30 bits per heavy atom. The van der Waals surface area contributed by atoms with E-state index in [1.807, 2.05) is 73.7 Å². The van der Waals surface area contributed by atoms with E-state index in [2.05, 4.69) is 27.8 Å². The maximum atomic E-state index is 12.7. The summed E-state index contributed by atoms with van der Waals surface area (Å²) >= 11 is 3.43. The summed E-state index contributed by atoms with van der Waals surface area (Å²) in [6.45, 7) is 2.04. The number of benzene rings is 3. The zero-order valence-electron chi connectivity index (χ0n) is 14.6. The van der Waals surface area contributed by atoms with Crippen molar-refractivity contribution in [3.05, 3.63) is 104 Å². The molecule has 0 aliphatic rings. The van der Waals surface area contributed by atoms with Crippen LogP contribution in [-0.2, 0) is 0 Å². The van der Waals surface area contributed by atoms with Crippen LogP contribution in [0.15, 0.2) is 86.5 Å². The molecule has 4 aromatic rings. The fourth-order valence-corrected chi connectivity index (χ4v) is 3.19. The highest BCUT2D eigenvalue weighted by molar-refractivity contribution is 9.10. The summed E-state index contributed by atoms with van der Waals surface area (Å²) in [5, 5.41) is 0.828. The molecular weight excluding hydrogens is 400 g/mol. The van der Waals surface area contributed by atoms with Crippen molar-refractivity contribution in [3.63, 3.8) is 0 Å². The summed E-state index contributed by atoms with van der Waals surface area (Å²) < 4.78 is 6.50. The summed E-state index contributed by atoms with van der Waals surface area (Å²) in [4.78, 5) is 12.7. The second kappa shape index (κ2) is 7.26. The third-order valence-electron chi connectivity index (χ3n) is 4.33. The number of aryl methyl sites for hydroxylation is 1. The number of halogens is 1. The molecule has 0 amide bonds. The van der Waals surface area contributed by atoms with Gasteiger partial charge >= 0.3 is 5.63 Å². The van der Waals surface area contributed by atoms with Crippen LogP contribution in [0.25, 0.3) is 22.1 Å². The topological polar surface area (TPSA) is 30.2 Å². The van der Waals surface area contributed by atoms with Crippen molar-refractivity contribution in [1.29, 1.82) is 0 Å². The molecule has 0 atom stereocenters. The van der Waals surface area contributed by atoms with Crippen molar-refractivity contribution in [2.75, 3.05) is 0 Å². The largest absolute Gasteiger partial charge is 0.422 e. The fourth-order valence-electron chi connectivity index (χ4n) is 2.93. The zero-order valence-corrected chi connectivity index (χ0v) is 16.2. The van der Waals surface area contributed by atoms with E-state index in [9.17, 15) is 4.79 Å². The molecule has 27 heavy (non-hydrogen) atoms. The minimum absolute atomic E-state index is 0.385. The van der Waals surface area contributed by atoms with E-state index in [1.165, 1.54) is 5.56 Å². The van der Waals surface area contributed by atoms with Crippen LogP contribution in [0.2, 0.25) is 0 Å². The quantitative estimate of drug-likeness (QED) is 0.285. The molecule has 0 aliphatic heterocycles. The molecule has 3 heteroatoms. The summed E-state index contributed by atoms with van der Waals surface area (Å²) in [5.41, 5.74) is 4.19. The molecule has 0 saturated heterocycles. The molecule has 0 radical (unpaired) electrons. The Labute approximate surface area is 165 Å². The van der Waals surface area contributed by atoms with Gasteiger partial charge in [-0.05, 0) is 48.9 Å². The molecule has 4 rings (SSSR count). The van der Waals surface area contributed by atoms with E-state index >= 15 is 0 Å². The lowest BCUT2D eigenvalue weighted by atomic mass is 9.98. The van der Waals surface area contributed by atoms with Gasteiger partial charge in [-0.25, -0.2) is 4.79 Å². The molecular formula is C24H15BrO2. The molecule has 0 aliphatic carbocycles. The Balaban J connectivity index is 1.99. The SMILES string of the molecule is Cc1ccc(C#Cc2c(-c3ccc(Br)cc3)c(=O)oc3ccccc23)cc1. The van der Waals surface area contributed by atoms with Crippen LogP contribution in [0, 0.1) is 18.8 Å². The van der Waals surface area contributed by atoms with Gasteiger partial charge in [0.25, 0.3) is 0 Å². The van der Waals surface area contributed by atoms with Crippen LogP contribution in [0.5, 0.6) is 0 Å². The van der Waals surface area contributed by atoms with E-state index in [1.54, 1.807) is 6.07 Å². The third kappa shape index (κ3) is 3.58. The molecule has 1 aromatic heterocycles. The Morgan fingerprint density at radius 2 is 1.56 bits per heavy atom. The highest BCUT2D eigenvalue weighted by Crippen LogP contribution is 2.27. The number of hydrogen-bond donors (Lipinski definition) is 0. The molecule has 0 saturated carbocycles. The monoisotopic (exact) mass is 414 g/mol. The molecule has 130 valence electrons. The Bertz CT molecular complexity index is 1240. The average Bonchev–Trinajstić information content (AvgIpc) is 2.68. The molecule has 0 unspecified atom stereocenters. The van der Waals surface area contributed by atoms with Crippen molar-refractivity contribution < 1.29 is 4.42 Å². The molecule has 3 aromatic carbocycles. The van der Waals surface area contributed by atoms with Crippen LogP contribution in [0.4, 0.5) is 0 Å². The molecule has 0 bridgehead atoms. The van der Waals surface area contributed by atoms with Gasteiger partial charge in [-0.3, -0.25) is 0 Å². The normalized spacial score (nSPS) is 10.4. The van der Waals surface area contributed by atoms with Gasteiger partial charge in [0.2, 0.25) is 0 Å². The van der Waals surface area contributed by atoms with Crippen LogP contribution in [0.1, 0.15) is 16.7 Å². The van der Waals surface area contributed by atoms with E-state index in [4.69, 9.17) is 4.42 Å².